The average molecular weight is 156 g/mol. The monoisotopic (exact) mass is 156 g/mol. The Morgan fingerprint density at radius 2 is 1.64 bits per heavy atom. The summed E-state index contributed by atoms with van der Waals surface area (Å²) in [4.78, 5) is 6.59. The highest BCUT2D eigenvalue weighted by molar-refractivity contribution is 5.55. The lowest BCUT2D eigenvalue weighted by Crippen LogP contribution is -2.23. The minimum atomic E-state index is 0.0581. The standard InChI is InChI=1S/C9H20N2/c1-6-11(7-2)8-10-9(3,4)5/h8H,6-7H2,1-5H3/b10-8+. The summed E-state index contributed by atoms with van der Waals surface area (Å²) < 4.78 is 0. The van der Waals surface area contributed by atoms with Crippen LogP contribution in [0.15, 0.2) is 4.99 Å². The molecule has 2 nitrogen and oxygen atoms in total. The number of rotatable bonds is 3. The fourth-order valence-electron chi connectivity index (χ4n) is 0.642. The fraction of sp³-hybridized carbons (Fsp3) is 0.889. The van der Waals surface area contributed by atoms with Crippen LogP contribution in [0.3, 0.4) is 0 Å². The van der Waals surface area contributed by atoms with E-state index >= 15 is 0 Å². The first kappa shape index (κ1) is 10.5. The SMILES string of the molecule is CCN(/C=N/C(C)(C)C)CC. The van der Waals surface area contributed by atoms with Gasteiger partial charge in [-0.05, 0) is 34.6 Å². The van der Waals surface area contributed by atoms with Crippen LogP contribution in [0.2, 0.25) is 0 Å². The zero-order valence-corrected chi connectivity index (χ0v) is 8.39. The van der Waals surface area contributed by atoms with Crippen molar-refractivity contribution in [2.75, 3.05) is 13.1 Å². The minimum absolute atomic E-state index is 0.0581. The third-order valence-electron chi connectivity index (χ3n) is 1.42. The van der Waals surface area contributed by atoms with Crippen molar-refractivity contribution in [3.05, 3.63) is 0 Å². The van der Waals surface area contributed by atoms with Crippen molar-refractivity contribution >= 4 is 6.34 Å². The van der Waals surface area contributed by atoms with Crippen LogP contribution < -0.4 is 0 Å². The van der Waals surface area contributed by atoms with Gasteiger partial charge in [-0.25, -0.2) is 0 Å². The van der Waals surface area contributed by atoms with Crippen LogP contribution >= 0.6 is 0 Å². The molecule has 0 N–H and O–H groups in total. The Morgan fingerprint density at radius 1 is 1.18 bits per heavy atom. The van der Waals surface area contributed by atoms with E-state index in [-0.39, 0.29) is 5.54 Å². The molecule has 0 saturated heterocycles. The lowest BCUT2D eigenvalue weighted by atomic mass is 10.1. The van der Waals surface area contributed by atoms with Crippen molar-refractivity contribution in [1.82, 2.24) is 4.90 Å². The first-order valence-corrected chi connectivity index (χ1v) is 4.29. The first-order valence-electron chi connectivity index (χ1n) is 4.29. The maximum Gasteiger partial charge on any atom is 0.0856 e. The Bertz CT molecular complexity index is 118. The van der Waals surface area contributed by atoms with Gasteiger partial charge in [0, 0.05) is 13.1 Å². The lowest BCUT2D eigenvalue weighted by molar-refractivity contribution is 0.466. The van der Waals surface area contributed by atoms with Gasteiger partial charge in [-0.2, -0.15) is 0 Å². The van der Waals surface area contributed by atoms with E-state index in [1.165, 1.54) is 0 Å². The van der Waals surface area contributed by atoms with Gasteiger partial charge in [-0.3, -0.25) is 4.99 Å². The van der Waals surface area contributed by atoms with Crippen LogP contribution in [-0.4, -0.2) is 29.9 Å². The third-order valence-corrected chi connectivity index (χ3v) is 1.42. The summed E-state index contributed by atoms with van der Waals surface area (Å²) in [5.74, 6) is 0. The molecular weight excluding hydrogens is 136 g/mol. The average Bonchev–Trinajstić information content (AvgIpc) is 1.88. The number of hydrogen-bond donors (Lipinski definition) is 0. The fourth-order valence-corrected chi connectivity index (χ4v) is 0.642. The van der Waals surface area contributed by atoms with Crippen LogP contribution in [0, 0.1) is 0 Å². The van der Waals surface area contributed by atoms with Crippen molar-refractivity contribution in [1.29, 1.82) is 0 Å². The van der Waals surface area contributed by atoms with E-state index in [0.717, 1.165) is 13.1 Å². The molecule has 0 bridgehead atoms. The molecule has 0 fully saturated rings. The van der Waals surface area contributed by atoms with Gasteiger partial charge in [0.25, 0.3) is 0 Å². The quantitative estimate of drug-likeness (QED) is 0.451. The van der Waals surface area contributed by atoms with E-state index in [9.17, 15) is 0 Å². The normalized spacial score (nSPS) is 12.5. The molecule has 0 aliphatic carbocycles. The molecule has 0 atom stereocenters. The lowest BCUT2D eigenvalue weighted by Gasteiger charge is -2.17. The summed E-state index contributed by atoms with van der Waals surface area (Å²) in [6.45, 7) is 12.7. The zero-order chi connectivity index (χ0) is 8.91. The van der Waals surface area contributed by atoms with Gasteiger partial charge in [0.2, 0.25) is 0 Å². The zero-order valence-electron chi connectivity index (χ0n) is 8.39. The Balaban J connectivity index is 3.89. The van der Waals surface area contributed by atoms with Gasteiger partial charge in [-0.1, -0.05) is 0 Å². The van der Waals surface area contributed by atoms with Gasteiger partial charge in [0.1, 0.15) is 0 Å². The van der Waals surface area contributed by atoms with Crippen molar-refractivity contribution in [2.45, 2.75) is 40.2 Å². The Labute approximate surface area is 70.3 Å². The van der Waals surface area contributed by atoms with Gasteiger partial charge in [-0.15, -0.1) is 0 Å². The first-order chi connectivity index (χ1) is 4.99. The predicted molar refractivity (Wildman–Crippen MR) is 51.2 cm³/mol. The summed E-state index contributed by atoms with van der Waals surface area (Å²) in [6, 6.07) is 0. The Hall–Kier alpha value is -0.530. The number of hydrogen-bond acceptors (Lipinski definition) is 1. The van der Waals surface area contributed by atoms with E-state index in [1.54, 1.807) is 0 Å². The molecule has 0 amide bonds. The van der Waals surface area contributed by atoms with Crippen LogP contribution in [-0.2, 0) is 0 Å². The molecule has 11 heavy (non-hydrogen) atoms. The van der Waals surface area contributed by atoms with Crippen molar-refractivity contribution in [2.24, 2.45) is 4.99 Å². The van der Waals surface area contributed by atoms with Crippen LogP contribution in [0.25, 0.3) is 0 Å². The predicted octanol–water partition coefficient (Wildman–Crippen LogP) is 2.16. The Morgan fingerprint density at radius 3 is 1.91 bits per heavy atom. The summed E-state index contributed by atoms with van der Waals surface area (Å²) in [5, 5.41) is 0. The second kappa shape index (κ2) is 4.37. The van der Waals surface area contributed by atoms with Crippen LogP contribution in [0.5, 0.6) is 0 Å². The van der Waals surface area contributed by atoms with Gasteiger partial charge in [0.05, 0.1) is 11.9 Å². The van der Waals surface area contributed by atoms with E-state index < -0.39 is 0 Å². The molecule has 0 saturated carbocycles. The number of nitrogens with zero attached hydrogens (tertiary/aromatic N) is 2. The highest BCUT2D eigenvalue weighted by atomic mass is 15.1. The Kier molecular flexibility index (Phi) is 4.16. The second-order valence-electron chi connectivity index (χ2n) is 3.64. The van der Waals surface area contributed by atoms with Gasteiger partial charge in [0.15, 0.2) is 0 Å². The number of aliphatic imine (C=N–C) groups is 1. The molecule has 0 rings (SSSR count). The molecule has 0 unspecified atom stereocenters. The van der Waals surface area contributed by atoms with Crippen LogP contribution in [0.1, 0.15) is 34.6 Å². The second-order valence-corrected chi connectivity index (χ2v) is 3.64. The molecule has 0 aromatic carbocycles. The van der Waals surface area contributed by atoms with Crippen LogP contribution in [0.4, 0.5) is 0 Å². The molecule has 66 valence electrons. The molecule has 0 heterocycles. The molecule has 2 heteroatoms. The highest BCUT2D eigenvalue weighted by Gasteiger charge is 2.05. The minimum Gasteiger partial charge on any atom is -0.363 e. The summed E-state index contributed by atoms with van der Waals surface area (Å²) >= 11 is 0. The summed E-state index contributed by atoms with van der Waals surface area (Å²) in [7, 11) is 0. The summed E-state index contributed by atoms with van der Waals surface area (Å²) in [6.07, 6.45) is 1.94. The largest absolute Gasteiger partial charge is 0.363 e. The van der Waals surface area contributed by atoms with Crippen molar-refractivity contribution in [3.63, 3.8) is 0 Å². The topological polar surface area (TPSA) is 15.6 Å². The van der Waals surface area contributed by atoms with E-state index in [4.69, 9.17) is 0 Å². The molecule has 0 spiro atoms. The molecular formula is C9H20N2. The summed E-state index contributed by atoms with van der Waals surface area (Å²) in [5.41, 5.74) is 0.0581. The smallest absolute Gasteiger partial charge is 0.0856 e. The van der Waals surface area contributed by atoms with Gasteiger partial charge < -0.3 is 4.90 Å². The molecule has 0 aromatic rings. The van der Waals surface area contributed by atoms with Gasteiger partial charge >= 0.3 is 0 Å². The highest BCUT2D eigenvalue weighted by Crippen LogP contribution is 2.04. The molecule has 0 aliphatic heterocycles. The van der Waals surface area contributed by atoms with E-state index in [1.807, 2.05) is 6.34 Å². The molecule has 0 aliphatic rings. The van der Waals surface area contributed by atoms with Crippen molar-refractivity contribution in [3.8, 4) is 0 Å². The van der Waals surface area contributed by atoms with E-state index in [0.29, 0.717) is 0 Å². The molecule has 0 radical (unpaired) electrons. The molecule has 0 aromatic heterocycles. The van der Waals surface area contributed by atoms with Crippen molar-refractivity contribution < 1.29 is 0 Å². The third kappa shape index (κ3) is 5.89. The maximum atomic E-state index is 4.40. The maximum absolute atomic E-state index is 4.40. The van der Waals surface area contributed by atoms with E-state index in [2.05, 4.69) is 44.5 Å².